The van der Waals surface area contributed by atoms with Crippen molar-refractivity contribution in [3.63, 3.8) is 0 Å². The molecule has 0 aliphatic carbocycles. The fourth-order valence-electron chi connectivity index (χ4n) is 2.54. The number of nitrogens with zero attached hydrogens (tertiary/aromatic N) is 4. The number of rotatable bonds is 4. The van der Waals surface area contributed by atoms with E-state index in [-0.39, 0.29) is 22.7 Å². The molecule has 3 heterocycles. The molecule has 1 aliphatic heterocycles. The Morgan fingerprint density at radius 2 is 2.25 bits per heavy atom. The standard InChI is InChI=1S/C15H14ClN5O3/c16-12-7-11(21(23)24)8-18-14(12)19-10-4-6-20(9-10)15(22)13-3-1-2-5-17-13/h1-3,5,7-8,10H,4,6,9H2,(H,18,19). The van der Waals surface area contributed by atoms with E-state index in [1.54, 1.807) is 29.3 Å². The molecule has 1 unspecified atom stereocenters. The van der Waals surface area contributed by atoms with E-state index in [2.05, 4.69) is 15.3 Å². The van der Waals surface area contributed by atoms with Gasteiger partial charge in [0, 0.05) is 31.4 Å². The molecular weight excluding hydrogens is 334 g/mol. The van der Waals surface area contributed by atoms with Crippen LogP contribution in [0.15, 0.2) is 36.7 Å². The minimum absolute atomic E-state index is 0.0240. The van der Waals surface area contributed by atoms with Crippen molar-refractivity contribution in [2.75, 3.05) is 18.4 Å². The quantitative estimate of drug-likeness (QED) is 0.673. The van der Waals surface area contributed by atoms with Crippen molar-refractivity contribution in [1.29, 1.82) is 0 Å². The first-order valence-corrected chi connectivity index (χ1v) is 7.69. The van der Waals surface area contributed by atoms with E-state index in [1.807, 2.05) is 0 Å². The zero-order chi connectivity index (χ0) is 17.1. The van der Waals surface area contributed by atoms with Crippen LogP contribution < -0.4 is 5.32 Å². The molecule has 0 saturated carbocycles. The van der Waals surface area contributed by atoms with Crippen LogP contribution in [0, 0.1) is 10.1 Å². The number of pyridine rings is 2. The van der Waals surface area contributed by atoms with E-state index in [0.717, 1.165) is 12.6 Å². The van der Waals surface area contributed by atoms with Crippen molar-refractivity contribution in [3.8, 4) is 0 Å². The molecule has 2 aromatic rings. The molecule has 2 aromatic heterocycles. The first kappa shape index (κ1) is 16.1. The predicted octanol–water partition coefficient (Wildman–Crippen LogP) is 2.36. The molecule has 24 heavy (non-hydrogen) atoms. The number of hydrogen-bond acceptors (Lipinski definition) is 6. The zero-order valence-electron chi connectivity index (χ0n) is 12.6. The number of nitro groups is 1. The number of aromatic nitrogens is 2. The molecule has 0 aromatic carbocycles. The van der Waals surface area contributed by atoms with Gasteiger partial charge in [-0.15, -0.1) is 0 Å². The summed E-state index contributed by atoms with van der Waals surface area (Å²) in [7, 11) is 0. The Hall–Kier alpha value is -2.74. The van der Waals surface area contributed by atoms with Gasteiger partial charge in [0.1, 0.15) is 17.7 Å². The van der Waals surface area contributed by atoms with E-state index >= 15 is 0 Å². The molecule has 1 amide bonds. The maximum Gasteiger partial charge on any atom is 0.289 e. The summed E-state index contributed by atoms with van der Waals surface area (Å²) in [6, 6.07) is 6.43. The lowest BCUT2D eigenvalue weighted by molar-refractivity contribution is -0.385. The van der Waals surface area contributed by atoms with Crippen molar-refractivity contribution in [2.24, 2.45) is 0 Å². The van der Waals surface area contributed by atoms with E-state index in [9.17, 15) is 14.9 Å². The van der Waals surface area contributed by atoms with Gasteiger partial charge in [0.05, 0.1) is 9.95 Å². The monoisotopic (exact) mass is 347 g/mol. The lowest BCUT2D eigenvalue weighted by Gasteiger charge is -2.17. The molecule has 1 aliphatic rings. The number of hydrogen-bond donors (Lipinski definition) is 1. The summed E-state index contributed by atoms with van der Waals surface area (Å²) in [5.41, 5.74) is 0.244. The van der Waals surface area contributed by atoms with Gasteiger partial charge in [-0.3, -0.25) is 19.9 Å². The molecule has 1 saturated heterocycles. The highest BCUT2D eigenvalue weighted by Gasteiger charge is 2.28. The number of carbonyl (C=O) groups is 1. The first-order chi connectivity index (χ1) is 11.5. The molecule has 1 fully saturated rings. The number of anilines is 1. The van der Waals surface area contributed by atoms with Gasteiger partial charge in [0.25, 0.3) is 11.6 Å². The zero-order valence-corrected chi connectivity index (χ0v) is 13.3. The van der Waals surface area contributed by atoms with E-state index in [0.29, 0.717) is 24.6 Å². The van der Waals surface area contributed by atoms with E-state index < -0.39 is 4.92 Å². The number of carbonyl (C=O) groups excluding carboxylic acids is 1. The molecule has 0 radical (unpaired) electrons. The van der Waals surface area contributed by atoms with Gasteiger partial charge >= 0.3 is 0 Å². The van der Waals surface area contributed by atoms with Gasteiger partial charge in [0.15, 0.2) is 0 Å². The summed E-state index contributed by atoms with van der Waals surface area (Å²) in [6.07, 6.45) is 3.47. The number of nitrogens with one attached hydrogen (secondary N) is 1. The third-order valence-electron chi connectivity index (χ3n) is 3.74. The van der Waals surface area contributed by atoms with Gasteiger partial charge in [0.2, 0.25) is 0 Å². The fourth-order valence-corrected chi connectivity index (χ4v) is 2.76. The molecular formula is C15H14ClN5O3. The average molecular weight is 348 g/mol. The highest BCUT2D eigenvalue weighted by Crippen LogP contribution is 2.26. The number of halogens is 1. The van der Waals surface area contributed by atoms with E-state index in [1.165, 1.54) is 6.07 Å². The molecule has 0 spiro atoms. The number of amides is 1. The van der Waals surface area contributed by atoms with E-state index in [4.69, 9.17) is 11.6 Å². The minimum atomic E-state index is -0.550. The summed E-state index contributed by atoms with van der Waals surface area (Å²) >= 11 is 6.03. The summed E-state index contributed by atoms with van der Waals surface area (Å²) in [4.78, 5) is 32.3. The third-order valence-corrected chi connectivity index (χ3v) is 4.03. The largest absolute Gasteiger partial charge is 0.364 e. The molecule has 0 bridgehead atoms. The van der Waals surface area contributed by atoms with Crippen LogP contribution in [0.5, 0.6) is 0 Å². The van der Waals surface area contributed by atoms with Crippen molar-refractivity contribution in [3.05, 3.63) is 57.5 Å². The van der Waals surface area contributed by atoms with Crippen LogP contribution in [-0.4, -0.2) is 44.8 Å². The van der Waals surface area contributed by atoms with Crippen molar-refractivity contribution in [1.82, 2.24) is 14.9 Å². The van der Waals surface area contributed by atoms with Crippen LogP contribution in [0.4, 0.5) is 11.5 Å². The van der Waals surface area contributed by atoms with Gasteiger partial charge in [-0.25, -0.2) is 4.98 Å². The Balaban J connectivity index is 1.64. The normalized spacial score (nSPS) is 16.9. The third kappa shape index (κ3) is 3.43. The molecule has 9 heteroatoms. The van der Waals surface area contributed by atoms with Crippen molar-refractivity contribution < 1.29 is 9.72 Å². The maximum atomic E-state index is 12.4. The minimum Gasteiger partial charge on any atom is -0.364 e. The average Bonchev–Trinajstić information content (AvgIpc) is 3.05. The summed E-state index contributed by atoms with van der Waals surface area (Å²) in [5, 5.41) is 14.0. The Morgan fingerprint density at radius 1 is 1.42 bits per heavy atom. The Bertz CT molecular complexity index is 771. The van der Waals surface area contributed by atoms with Crippen molar-refractivity contribution in [2.45, 2.75) is 12.5 Å². The molecule has 124 valence electrons. The molecule has 3 rings (SSSR count). The highest BCUT2D eigenvalue weighted by molar-refractivity contribution is 6.33. The second-order valence-corrected chi connectivity index (χ2v) is 5.78. The first-order valence-electron chi connectivity index (χ1n) is 7.31. The van der Waals surface area contributed by atoms with Crippen LogP contribution in [0.1, 0.15) is 16.9 Å². The lowest BCUT2D eigenvalue weighted by Crippen LogP contribution is -2.32. The lowest BCUT2D eigenvalue weighted by atomic mass is 10.2. The van der Waals surface area contributed by atoms with Gasteiger partial charge in [-0.05, 0) is 18.6 Å². The Morgan fingerprint density at radius 3 is 2.92 bits per heavy atom. The maximum absolute atomic E-state index is 12.4. The molecule has 8 nitrogen and oxygen atoms in total. The fraction of sp³-hybridized carbons (Fsp3) is 0.267. The Kier molecular flexibility index (Phi) is 4.57. The van der Waals surface area contributed by atoms with Gasteiger partial charge in [-0.2, -0.15) is 0 Å². The van der Waals surface area contributed by atoms with Crippen molar-refractivity contribution >= 4 is 29.0 Å². The van der Waals surface area contributed by atoms with Gasteiger partial charge < -0.3 is 10.2 Å². The SMILES string of the molecule is O=C(c1ccccn1)N1CCC(Nc2ncc([N+](=O)[O-])cc2Cl)C1. The van der Waals surface area contributed by atoms with Crippen LogP contribution in [0.2, 0.25) is 5.02 Å². The smallest absolute Gasteiger partial charge is 0.289 e. The van der Waals surface area contributed by atoms with Crippen LogP contribution >= 0.6 is 11.6 Å². The topological polar surface area (TPSA) is 101 Å². The second-order valence-electron chi connectivity index (χ2n) is 5.38. The van der Waals surface area contributed by atoms with Gasteiger partial charge in [-0.1, -0.05) is 17.7 Å². The summed E-state index contributed by atoms with van der Waals surface area (Å²) in [6.45, 7) is 1.09. The van der Waals surface area contributed by atoms with Crippen LogP contribution in [0.3, 0.4) is 0 Å². The summed E-state index contributed by atoms with van der Waals surface area (Å²) in [5.74, 6) is 0.252. The Labute approximate surface area is 142 Å². The molecule has 1 atom stereocenters. The highest BCUT2D eigenvalue weighted by atomic mass is 35.5. The summed E-state index contributed by atoms with van der Waals surface area (Å²) < 4.78 is 0. The predicted molar refractivity (Wildman–Crippen MR) is 88.1 cm³/mol. The second kappa shape index (κ2) is 6.79. The van der Waals surface area contributed by atoms with Crippen LogP contribution in [-0.2, 0) is 0 Å². The molecule has 1 N–H and O–H groups in total. The number of likely N-dealkylation sites (tertiary alicyclic amines) is 1. The van der Waals surface area contributed by atoms with Crippen LogP contribution in [0.25, 0.3) is 0 Å².